The van der Waals surface area contributed by atoms with Gasteiger partial charge in [-0.15, -0.1) is 0 Å². The van der Waals surface area contributed by atoms with Crippen molar-refractivity contribution in [2.45, 2.75) is 18.8 Å². The highest BCUT2D eigenvalue weighted by Crippen LogP contribution is 2.29. The Hall–Kier alpha value is -3.02. The number of hydrogen-bond acceptors (Lipinski definition) is 4. The van der Waals surface area contributed by atoms with Gasteiger partial charge in [-0.3, -0.25) is 4.79 Å². The first-order chi connectivity index (χ1) is 12.7. The van der Waals surface area contributed by atoms with Gasteiger partial charge in [0.15, 0.2) is 0 Å². The lowest BCUT2D eigenvalue weighted by Crippen LogP contribution is -2.38. The van der Waals surface area contributed by atoms with Crippen LogP contribution in [0.15, 0.2) is 59.1 Å². The SMILES string of the molecule is O=C(c1ccccc1F)N1CCC(c2nc(-c3ccccc3)no2)CC1. The molecule has 1 saturated heterocycles. The van der Waals surface area contributed by atoms with Gasteiger partial charge in [-0.1, -0.05) is 47.6 Å². The summed E-state index contributed by atoms with van der Waals surface area (Å²) < 4.78 is 19.3. The first-order valence-electron chi connectivity index (χ1n) is 8.65. The first-order valence-corrected chi connectivity index (χ1v) is 8.65. The predicted molar refractivity (Wildman–Crippen MR) is 94.0 cm³/mol. The lowest BCUT2D eigenvalue weighted by atomic mass is 9.96. The maximum Gasteiger partial charge on any atom is 0.256 e. The van der Waals surface area contributed by atoms with E-state index in [9.17, 15) is 9.18 Å². The van der Waals surface area contributed by atoms with Crippen LogP contribution in [0, 0.1) is 5.82 Å². The van der Waals surface area contributed by atoms with Crippen LogP contribution in [0.3, 0.4) is 0 Å². The number of aromatic nitrogens is 2. The molecule has 0 spiro atoms. The molecule has 1 amide bonds. The lowest BCUT2D eigenvalue weighted by molar-refractivity contribution is 0.0700. The van der Waals surface area contributed by atoms with Gasteiger partial charge < -0.3 is 9.42 Å². The van der Waals surface area contributed by atoms with Crippen LogP contribution in [0.4, 0.5) is 4.39 Å². The van der Waals surface area contributed by atoms with E-state index in [1.54, 1.807) is 17.0 Å². The number of hydrogen-bond donors (Lipinski definition) is 0. The molecule has 3 aromatic rings. The van der Waals surface area contributed by atoms with Crippen molar-refractivity contribution in [3.05, 3.63) is 71.9 Å². The zero-order chi connectivity index (χ0) is 17.9. The molecule has 0 atom stereocenters. The van der Waals surface area contributed by atoms with Crippen LogP contribution >= 0.6 is 0 Å². The molecule has 2 heterocycles. The van der Waals surface area contributed by atoms with Crippen LogP contribution in [0.25, 0.3) is 11.4 Å². The second-order valence-electron chi connectivity index (χ2n) is 6.37. The number of carbonyl (C=O) groups excluding carboxylic acids is 1. The minimum absolute atomic E-state index is 0.115. The van der Waals surface area contributed by atoms with E-state index in [-0.39, 0.29) is 17.4 Å². The van der Waals surface area contributed by atoms with Gasteiger partial charge in [0.25, 0.3) is 5.91 Å². The average Bonchev–Trinajstić information content (AvgIpc) is 3.19. The molecule has 1 aliphatic heterocycles. The largest absolute Gasteiger partial charge is 0.339 e. The second kappa shape index (κ2) is 7.07. The topological polar surface area (TPSA) is 59.2 Å². The van der Waals surface area contributed by atoms with E-state index in [1.807, 2.05) is 30.3 Å². The quantitative estimate of drug-likeness (QED) is 0.718. The van der Waals surface area contributed by atoms with Gasteiger partial charge in [0.1, 0.15) is 5.82 Å². The molecule has 0 bridgehead atoms. The Morgan fingerprint density at radius 1 is 1.04 bits per heavy atom. The first kappa shape index (κ1) is 16.4. The smallest absolute Gasteiger partial charge is 0.256 e. The fourth-order valence-electron chi connectivity index (χ4n) is 3.24. The van der Waals surface area contributed by atoms with E-state index >= 15 is 0 Å². The Kier molecular flexibility index (Phi) is 4.48. The van der Waals surface area contributed by atoms with Crippen molar-refractivity contribution >= 4 is 5.91 Å². The fraction of sp³-hybridized carbons (Fsp3) is 0.250. The summed E-state index contributed by atoms with van der Waals surface area (Å²) in [4.78, 5) is 18.7. The zero-order valence-corrected chi connectivity index (χ0v) is 14.1. The number of benzene rings is 2. The highest BCUT2D eigenvalue weighted by atomic mass is 19.1. The van der Waals surface area contributed by atoms with Gasteiger partial charge >= 0.3 is 0 Å². The van der Waals surface area contributed by atoms with Crippen LogP contribution in [0.5, 0.6) is 0 Å². The standard InChI is InChI=1S/C20H18FN3O2/c21-17-9-5-4-8-16(17)20(25)24-12-10-15(11-13-24)19-22-18(23-26-19)14-6-2-1-3-7-14/h1-9,15H,10-13H2. The normalized spacial score (nSPS) is 15.2. The lowest BCUT2D eigenvalue weighted by Gasteiger charge is -2.30. The van der Waals surface area contributed by atoms with Crippen LogP contribution in [0.1, 0.15) is 35.0 Å². The molecule has 6 heteroatoms. The zero-order valence-electron chi connectivity index (χ0n) is 14.1. The molecule has 0 N–H and O–H groups in total. The van der Waals surface area contributed by atoms with Crippen LogP contribution in [-0.2, 0) is 0 Å². The molecule has 1 aliphatic rings. The minimum atomic E-state index is -0.482. The highest BCUT2D eigenvalue weighted by molar-refractivity contribution is 5.94. The molecule has 26 heavy (non-hydrogen) atoms. The van der Waals surface area contributed by atoms with Crippen LogP contribution in [0.2, 0.25) is 0 Å². The molecular formula is C20H18FN3O2. The van der Waals surface area contributed by atoms with Crippen LogP contribution < -0.4 is 0 Å². The number of carbonyl (C=O) groups is 1. The predicted octanol–water partition coefficient (Wildman–Crippen LogP) is 3.90. The van der Waals surface area contributed by atoms with E-state index in [0.29, 0.717) is 24.8 Å². The number of rotatable bonds is 3. The van der Waals surface area contributed by atoms with Gasteiger partial charge in [-0.25, -0.2) is 4.39 Å². The molecule has 4 rings (SSSR count). The molecule has 2 aromatic carbocycles. The number of likely N-dealkylation sites (tertiary alicyclic amines) is 1. The van der Waals surface area contributed by atoms with Crippen molar-refractivity contribution < 1.29 is 13.7 Å². The summed E-state index contributed by atoms with van der Waals surface area (Å²) in [6.07, 6.45) is 1.44. The van der Waals surface area contributed by atoms with E-state index in [0.717, 1.165) is 18.4 Å². The van der Waals surface area contributed by atoms with Crippen LogP contribution in [-0.4, -0.2) is 34.0 Å². The Morgan fingerprint density at radius 3 is 2.46 bits per heavy atom. The Balaban J connectivity index is 1.42. The van der Waals surface area contributed by atoms with Gasteiger partial charge in [0.2, 0.25) is 11.7 Å². The van der Waals surface area contributed by atoms with Crippen molar-refractivity contribution in [3.8, 4) is 11.4 Å². The molecule has 0 saturated carbocycles. The summed E-state index contributed by atoms with van der Waals surface area (Å²) in [5, 5.41) is 4.06. The summed E-state index contributed by atoms with van der Waals surface area (Å²) in [6.45, 7) is 1.09. The number of nitrogens with zero attached hydrogens (tertiary/aromatic N) is 3. The van der Waals surface area contributed by atoms with Gasteiger partial charge in [-0.05, 0) is 25.0 Å². The van der Waals surface area contributed by atoms with E-state index < -0.39 is 5.82 Å². The molecule has 5 nitrogen and oxygen atoms in total. The summed E-state index contributed by atoms with van der Waals surface area (Å²) in [6, 6.07) is 15.8. The van der Waals surface area contributed by atoms with Crippen molar-refractivity contribution in [3.63, 3.8) is 0 Å². The third-order valence-electron chi connectivity index (χ3n) is 4.71. The summed E-state index contributed by atoms with van der Waals surface area (Å²) >= 11 is 0. The molecule has 1 aromatic heterocycles. The summed E-state index contributed by atoms with van der Waals surface area (Å²) in [7, 11) is 0. The molecule has 0 radical (unpaired) electrons. The number of halogens is 1. The minimum Gasteiger partial charge on any atom is -0.339 e. The molecule has 1 fully saturated rings. The van der Waals surface area contributed by atoms with Crippen molar-refractivity contribution in [1.82, 2.24) is 15.0 Å². The summed E-state index contributed by atoms with van der Waals surface area (Å²) in [5.74, 6) is 0.540. The van der Waals surface area contributed by atoms with Gasteiger partial charge in [0, 0.05) is 24.6 Å². The number of amides is 1. The van der Waals surface area contributed by atoms with Gasteiger partial charge in [0.05, 0.1) is 5.56 Å². The molecular weight excluding hydrogens is 333 g/mol. The van der Waals surface area contributed by atoms with Crippen molar-refractivity contribution in [1.29, 1.82) is 0 Å². The maximum atomic E-state index is 13.8. The van der Waals surface area contributed by atoms with E-state index in [4.69, 9.17) is 4.52 Å². The average molecular weight is 351 g/mol. The van der Waals surface area contributed by atoms with Crippen molar-refractivity contribution in [2.75, 3.05) is 13.1 Å². The fourth-order valence-corrected chi connectivity index (χ4v) is 3.24. The van der Waals surface area contributed by atoms with Crippen molar-refractivity contribution in [2.24, 2.45) is 0 Å². The Bertz CT molecular complexity index is 902. The van der Waals surface area contributed by atoms with E-state index in [1.165, 1.54) is 12.1 Å². The third kappa shape index (κ3) is 3.22. The van der Waals surface area contributed by atoms with Gasteiger partial charge in [-0.2, -0.15) is 4.98 Å². The van der Waals surface area contributed by atoms with E-state index in [2.05, 4.69) is 10.1 Å². The second-order valence-corrected chi connectivity index (χ2v) is 6.37. The molecule has 0 unspecified atom stereocenters. The Morgan fingerprint density at radius 2 is 1.73 bits per heavy atom. The highest BCUT2D eigenvalue weighted by Gasteiger charge is 2.29. The maximum absolute atomic E-state index is 13.8. The summed E-state index contributed by atoms with van der Waals surface area (Å²) in [5.41, 5.74) is 1.03. The monoisotopic (exact) mass is 351 g/mol. The number of piperidine rings is 1. The Labute approximate surface area is 150 Å². The third-order valence-corrected chi connectivity index (χ3v) is 4.71. The molecule has 132 valence electrons. The molecule has 0 aliphatic carbocycles.